The molecular formula is C27H24ClF3N4O3S. The zero-order valence-electron chi connectivity index (χ0n) is 20.8. The van der Waals surface area contributed by atoms with Crippen molar-refractivity contribution in [1.82, 2.24) is 15.2 Å². The van der Waals surface area contributed by atoms with Crippen LogP contribution in [-0.2, 0) is 15.7 Å². The number of nitrogens with zero attached hydrogens (tertiary/aromatic N) is 3. The number of anilines is 1. The third-order valence-electron chi connectivity index (χ3n) is 6.60. The van der Waals surface area contributed by atoms with Crippen LogP contribution in [0.4, 0.5) is 18.3 Å². The number of piperidine rings is 1. The van der Waals surface area contributed by atoms with Crippen LogP contribution in [0, 0.1) is 5.92 Å². The van der Waals surface area contributed by atoms with E-state index in [-0.39, 0.29) is 28.4 Å². The fourth-order valence-electron chi connectivity index (χ4n) is 4.62. The molecule has 7 nitrogen and oxygen atoms in total. The fourth-order valence-corrected chi connectivity index (χ4v) is 5.85. The zero-order valence-corrected chi connectivity index (χ0v) is 22.3. The molecule has 0 saturated carbocycles. The molecule has 0 aliphatic carbocycles. The Kier molecular flexibility index (Phi) is 7.55. The Labute approximate surface area is 230 Å². The summed E-state index contributed by atoms with van der Waals surface area (Å²) in [4.78, 5) is 18.7. The number of fused-ring (bicyclic) bond motifs is 1. The minimum Gasteiger partial charge on any atom is -0.492 e. The van der Waals surface area contributed by atoms with E-state index in [0.29, 0.717) is 53.7 Å². The molecule has 1 aliphatic rings. The van der Waals surface area contributed by atoms with E-state index in [0.717, 1.165) is 17.0 Å². The molecule has 0 spiro atoms. The molecular weight excluding hydrogens is 553 g/mol. The van der Waals surface area contributed by atoms with Crippen molar-refractivity contribution in [3.05, 3.63) is 69.2 Å². The largest absolute Gasteiger partial charge is 0.492 e. The Bertz CT molecular complexity index is 1540. The summed E-state index contributed by atoms with van der Waals surface area (Å²) in [6.45, 7) is 3.16. The number of carbonyl (C=O) groups excluding carboxylic acids is 1. The standard InChI is InChI=1S/C27H24ClF3N4O3S/c1-2-38-25(37)15-7-9-35(10-8-15)26-33-24(36)23(39-26)20(16-4-6-22-18(11-16)14-32-34-22)12-17-3-5-19(28)13-21(17)27(29,30)31/h3-6,11-15,36H,2,7-10H2,1H3,(H,32,34). The quantitative estimate of drug-likeness (QED) is 0.194. The number of aromatic hydroxyl groups is 1. The summed E-state index contributed by atoms with van der Waals surface area (Å²) < 4.78 is 46.9. The molecule has 1 aliphatic heterocycles. The van der Waals surface area contributed by atoms with Crippen molar-refractivity contribution in [2.75, 3.05) is 24.6 Å². The first kappa shape index (κ1) is 27.0. The van der Waals surface area contributed by atoms with Crippen LogP contribution in [0.1, 0.15) is 41.3 Å². The number of nitrogens with one attached hydrogen (secondary N) is 1. The van der Waals surface area contributed by atoms with Crippen LogP contribution in [0.25, 0.3) is 22.6 Å². The Morgan fingerprint density at radius 3 is 2.74 bits per heavy atom. The minimum atomic E-state index is -4.64. The van der Waals surface area contributed by atoms with Crippen molar-refractivity contribution in [3.63, 3.8) is 0 Å². The summed E-state index contributed by atoms with van der Waals surface area (Å²) >= 11 is 7.08. The molecule has 2 aromatic heterocycles. The number of carbonyl (C=O) groups is 1. The molecule has 5 rings (SSSR count). The van der Waals surface area contributed by atoms with E-state index in [2.05, 4.69) is 15.2 Å². The predicted molar refractivity (Wildman–Crippen MR) is 145 cm³/mol. The van der Waals surface area contributed by atoms with Crippen molar-refractivity contribution in [2.45, 2.75) is 25.9 Å². The van der Waals surface area contributed by atoms with Gasteiger partial charge in [0.15, 0.2) is 5.13 Å². The summed E-state index contributed by atoms with van der Waals surface area (Å²) in [6.07, 6.45) is -0.474. The molecule has 0 atom stereocenters. The first-order chi connectivity index (χ1) is 18.6. The molecule has 204 valence electrons. The summed E-state index contributed by atoms with van der Waals surface area (Å²) in [5, 5.41) is 19.1. The number of halogens is 4. The lowest BCUT2D eigenvalue weighted by Crippen LogP contribution is -2.36. The number of aromatic amines is 1. The summed E-state index contributed by atoms with van der Waals surface area (Å²) in [5.41, 5.74) is 0.729. The van der Waals surface area contributed by atoms with Gasteiger partial charge in [0.1, 0.15) is 4.88 Å². The number of H-pyrrole nitrogens is 1. The van der Waals surface area contributed by atoms with Crippen LogP contribution >= 0.6 is 22.9 Å². The maximum Gasteiger partial charge on any atom is 0.417 e. The van der Waals surface area contributed by atoms with Crippen molar-refractivity contribution >= 4 is 56.6 Å². The van der Waals surface area contributed by atoms with E-state index < -0.39 is 11.7 Å². The summed E-state index contributed by atoms with van der Waals surface area (Å²) in [6, 6.07) is 8.90. The van der Waals surface area contributed by atoms with Gasteiger partial charge in [0.25, 0.3) is 0 Å². The maximum absolute atomic E-state index is 13.9. The summed E-state index contributed by atoms with van der Waals surface area (Å²) in [7, 11) is 0. The van der Waals surface area contributed by atoms with Crippen LogP contribution in [0.5, 0.6) is 5.88 Å². The third kappa shape index (κ3) is 5.74. The lowest BCUT2D eigenvalue weighted by Gasteiger charge is -2.30. The second-order valence-corrected chi connectivity index (χ2v) is 10.5. The number of benzene rings is 2. The Balaban J connectivity index is 1.56. The van der Waals surface area contributed by atoms with Gasteiger partial charge < -0.3 is 14.7 Å². The molecule has 1 fully saturated rings. The van der Waals surface area contributed by atoms with E-state index in [4.69, 9.17) is 16.3 Å². The molecule has 0 unspecified atom stereocenters. The number of ether oxygens (including phenoxy) is 1. The van der Waals surface area contributed by atoms with Gasteiger partial charge in [-0.05, 0) is 61.2 Å². The second-order valence-electron chi connectivity index (χ2n) is 9.12. The molecule has 0 amide bonds. The highest BCUT2D eigenvalue weighted by molar-refractivity contribution is 7.17. The average molecular weight is 577 g/mol. The van der Waals surface area contributed by atoms with Gasteiger partial charge in [0.2, 0.25) is 5.88 Å². The number of rotatable bonds is 6. The van der Waals surface area contributed by atoms with Crippen molar-refractivity contribution in [1.29, 1.82) is 0 Å². The highest BCUT2D eigenvalue weighted by Crippen LogP contribution is 2.43. The van der Waals surface area contributed by atoms with E-state index in [1.54, 1.807) is 31.3 Å². The first-order valence-electron chi connectivity index (χ1n) is 12.3. The van der Waals surface area contributed by atoms with E-state index >= 15 is 0 Å². The molecule has 2 N–H and O–H groups in total. The van der Waals surface area contributed by atoms with Crippen molar-refractivity contribution < 1.29 is 27.8 Å². The third-order valence-corrected chi connectivity index (χ3v) is 7.97. The lowest BCUT2D eigenvalue weighted by molar-refractivity contribution is -0.148. The lowest BCUT2D eigenvalue weighted by atomic mass is 9.97. The number of hydrogen-bond acceptors (Lipinski definition) is 7. The van der Waals surface area contributed by atoms with Gasteiger partial charge in [-0.25, -0.2) is 0 Å². The van der Waals surface area contributed by atoms with Gasteiger partial charge in [-0.2, -0.15) is 23.3 Å². The second kappa shape index (κ2) is 10.9. The van der Waals surface area contributed by atoms with Crippen molar-refractivity contribution in [3.8, 4) is 5.88 Å². The molecule has 0 bridgehead atoms. The highest BCUT2D eigenvalue weighted by atomic mass is 35.5. The monoisotopic (exact) mass is 576 g/mol. The smallest absolute Gasteiger partial charge is 0.417 e. The summed E-state index contributed by atoms with van der Waals surface area (Å²) in [5.74, 6) is -0.705. The maximum atomic E-state index is 13.9. The number of thiazole rings is 1. The van der Waals surface area contributed by atoms with Crippen LogP contribution in [-0.4, -0.2) is 46.0 Å². The van der Waals surface area contributed by atoms with Crippen LogP contribution in [0.2, 0.25) is 5.02 Å². The highest BCUT2D eigenvalue weighted by Gasteiger charge is 2.34. The molecule has 0 radical (unpaired) electrons. The number of alkyl halides is 3. The van der Waals surface area contributed by atoms with Gasteiger partial charge in [0, 0.05) is 29.1 Å². The Morgan fingerprint density at radius 1 is 1.26 bits per heavy atom. The molecule has 3 heterocycles. The molecule has 4 aromatic rings. The van der Waals surface area contributed by atoms with Crippen LogP contribution in [0.3, 0.4) is 0 Å². The van der Waals surface area contributed by atoms with Gasteiger partial charge in [0.05, 0.1) is 29.8 Å². The van der Waals surface area contributed by atoms with Gasteiger partial charge in [-0.1, -0.05) is 35.1 Å². The molecule has 1 saturated heterocycles. The first-order valence-corrected chi connectivity index (χ1v) is 13.5. The van der Waals surface area contributed by atoms with Gasteiger partial charge in [-0.3, -0.25) is 9.89 Å². The number of aromatic nitrogens is 3. The number of hydrogen-bond donors (Lipinski definition) is 2. The fraction of sp³-hybridized carbons (Fsp3) is 0.296. The minimum absolute atomic E-state index is 0.0324. The normalized spacial score (nSPS) is 15.2. The van der Waals surface area contributed by atoms with Crippen LogP contribution < -0.4 is 4.90 Å². The van der Waals surface area contributed by atoms with Crippen LogP contribution in [0.15, 0.2) is 42.6 Å². The predicted octanol–water partition coefficient (Wildman–Crippen LogP) is 6.77. The molecule has 12 heteroatoms. The van der Waals surface area contributed by atoms with Gasteiger partial charge >= 0.3 is 12.1 Å². The van der Waals surface area contributed by atoms with E-state index in [9.17, 15) is 23.1 Å². The number of esters is 1. The van der Waals surface area contributed by atoms with E-state index in [1.165, 1.54) is 29.5 Å². The topological polar surface area (TPSA) is 91.3 Å². The zero-order chi connectivity index (χ0) is 27.7. The van der Waals surface area contributed by atoms with Crippen molar-refractivity contribution in [2.24, 2.45) is 5.92 Å². The van der Waals surface area contributed by atoms with E-state index in [1.807, 2.05) is 4.90 Å². The molecule has 2 aromatic carbocycles. The van der Waals surface area contributed by atoms with Gasteiger partial charge in [-0.15, -0.1) is 0 Å². The average Bonchev–Trinajstić information content (AvgIpc) is 3.53. The SMILES string of the molecule is CCOC(=O)C1CCN(c2nc(O)c(C(=Cc3ccc(Cl)cc3C(F)(F)F)c3ccc4[nH]ncc4c3)s2)CC1. The molecule has 39 heavy (non-hydrogen) atoms. The Morgan fingerprint density at radius 2 is 2.03 bits per heavy atom. The Hall–Kier alpha value is -3.57.